The number of rotatable bonds is 7. The molecular weight excluding hydrogens is 348 g/mol. The van der Waals surface area contributed by atoms with Crippen molar-refractivity contribution in [3.63, 3.8) is 0 Å². The van der Waals surface area contributed by atoms with Gasteiger partial charge in [-0.15, -0.1) is 0 Å². The number of carbonyl (C=O) groups is 2. The first-order chi connectivity index (χ1) is 12.9. The molecule has 144 valence electrons. The Morgan fingerprint density at radius 1 is 0.963 bits per heavy atom. The smallest absolute Gasteiger partial charge is 0.279 e. The van der Waals surface area contributed by atoms with Gasteiger partial charge in [0, 0.05) is 0 Å². The second kappa shape index (κ2) is 9.47. The molecule has 2 amide bonds. The van der Waals surface area contributed by atoms with Crippen LogP contribution in [0.3, 0.4) is 0 Å². The Balaban J connectivity index is 1.81. The summed E-state index contributed by atoms with van der Waals surface area (Å²) in [5.41, 5.74) is 6.50. The molecule has 0 aliphatic carbocycles. The molecule has 2 aromatic carbocycles. The largest absolute Gasteiger partial charge is 0.493 e. The van der Waals surface area contributed by atoms with Crippen LogP contribution in [0.25, 0.3) is 0 Å². The van der Waals surface area contributed by atoms with Gasteiger partial charge in [0.25, 0.3) is 11.8 Å². The molecule has 7 nitrogen and oxygen atoms in total. The van der Waals surface area contributed by atoms with Crippen molar-refractivity contribution in [2.75, 3.05) is 13.7 Å². The number of methoxy groups -OCH3 is 1. The van der Waals surface area contributed by atoms with Gasteiger partial charge in [-0.1, -0.05) is 30.3 Å². The van der Waals surface area contributed by atoms with E-state index in [-0.39, 0.29) is 6.61 Å². The third-order valence-electron chi connectivity index (χ3n) is 3.83. The van der Waals surface area contributed by atoms with Crippen LogP contribution in [-0.2, 0) is 9.59 Å². The zero-order valence-electron chi connectivity index (χ0n) is 15.9. The number of para-hydroxylation sites is 3. The molecule has 0 aliphatic heterocycles. The van der Waals surface area contributed by atoms with Crippen LogP contribution in [0.1, 0.15) is 18.1 Å². The van der Waals surface area contributed by atoms with Crippen LogP contribution >= 0.6 is 0 Å². The zero-order chi connectivity index (χ0) is 19.8. The summed E-state index contributed by atoms with van der Waals surface area (Å²) in [6.07, 6.45) is -0.778. The van der Waals surface area contributed by atoms with Crippen LogP contribution in [0.4, 0.5) is 0 Å². The van der Waals surface area contributed by atoms with Crippen LogP contribution in [0, 0.1) is 13.8 Å². The highest BCUT2D eigenvalue weighted by Gasteiger charge is 2.17. The normalized spacial score (nSPS) is 11.3. The molecule has 0 saturated carbocycles. The predicted octanol–water partition coefficient (Wildman–Crippen LogP) is 2.31. The van der Waals surface area contributed by atoms with Crippen molar-refractivity contribution < 1.29 is 23.8 Å². The van der Waals surface area contributed by atoms with Crippen molar-refractivity contribution in [3.05, 3.63) is 53.6 Å². The van der Waals surface area contributed by atoms with E-state index in [4.69, 9.17) is 14.2 Å². The number of aryl methyl sites for hydroxylation is 2. The Bertz CT molecular complexity index is 786. The highest BCUT2D eigenvalue weighted by molar-refractivity contribution is 5.85. The molecule has 2 N–H and O–H groups in total. The summed E-state index contributed by atoms with van der Waals surface area (Å²) in [6.45, 7) is 5.15. The van der Waals surface area contributed by atoms with Crippen LogP contribution in [-0.4, -0.2) is 31.6 Å². The molecular formula is C20H24N2O5. The number of hydrazine groups is 1. The fourth-order valence-electron chi connectivity index (χ4n) is 2.37. The summed E-state index contributed by atoms with van der Waals surface area (Å²) >= 11 is 0. The Hall–Kier alpha value is -3.22. The van der Waals surface area contributed by atoms with Crippen LogP contribution in [0.2, 0.25) is 0 Å². The maximum atomic E-state index is 12.1. The fourth-order valence-corrected chi connectivity index (χ4v) is 2.37. The van der Waals surface area contributed by atoms with Gasteiger partial charge >= 0.3 is 0 Å². The molecule has 7 heteroatoms. The zero-order valence-corrected chi connectivity index (χ0v) is 15.9. The van der Waals surface area contributed by atoms with E-state index in [2.05, 4.69) is 10.9 Å². The highest BCUT2D eigenvalue weighted by Crippen LogP contribution is 2.25. The third-order valence-corrected chi connectivity index (χ3v) is 3.83. The van der Waals surface area contributed by atoms with Gasteiger partial charge in [-0.25, -0.2) is 0 Å². The van der Waals surface area contributed by atoms with E-state index in [1.54, 1.807) is 31.2 Å². The van der Waals surface area contributed by atoms with E-state index in [1.807, 2.05) is 32.0 Å². The number of carbonyl (C=O) groups excluding carboxylic acids is 2. The topological polar surface area (TPSA) is 85.9 Å². The first-order valence-electron chi connectivity index (χ1n) is 8.49. The average Bonchev–Trinajstić information content (AvgIpc) is 2.67. The molecule has 27 heavy (non-hydrogen) atoms. The number of nitrogens with one attached hydrogen (secondary N) is 2. The van der Waals surface area contributed by atoms with Gasteiger partial charge in [-0.05, 0) is 44.0 Å². The Morgan fingerprint density at radius 3 is 2.22 bits per heavy atom. The maximum absolute atomic E-state index is 12.1. The van der Waals surface area contributed by atoms with Crippen molar-refractivity contribution in [1.82, 2.24) is 10.9 Å². The molecule has 0 fully saturated rings. The molecule has 0 aromatic heterocycles. The van der Waals surface area contributed by atoms with Gasteiger partial charge in [0.15, 0.2) is 24.2 Å². The molecule has 0 heterocycles. The number of hydrogen-bond donors (Lipinski definition) is 2. The average molecular weight is 372 g/mol. The number of hydrogen-bond acceptors (Lipinski definition) is 5. The van der Waals surface area contributed by atoms with Crippen molar-refractivity contribution >= 4 is 11.8 Å². The lowest BCUT2D eigenvalue weighted by Gasteiger charge is -2.18. The molecule has 1 atom stereocenters. The van der Waals surface area contributed by atoms with Gasteiger partial charge in [0.05, 0.1) is 7.11 Å². The number of benzene rings is 2. The fraction of sp³-hybridized carbons (Fsp3) is 0.300. The van der Waals surface area contributed by atoms with Gasteiger partial charge in [-0.3, -0.25) is 20.4 Å². The van der Waals surface area contributed by atoms with Crippen LogP contribution in [0.5, 0.6) is 17.2 Å². The lowest BCUT2D eigenvalue weighted by Crippen LogP contribution is -2.48. The quantitative estimate of drug-likeness (QED) is 0.729. The summed E-state index contributed by atoms with van der Waals surface area (Å²) in [5, 5.41) is 0. The second-order valence-electron chi connectivity index (χ2n) is 5.96. The standard InChI is InChI=1S/C20H24N2O5/c1-13-8-7-9-14(2)19(13)27-15(3)20(24)22-21-18(23)12-26-17-11-6-5-10-16(17)25-4/h5-11,15H,12H2,1-4H3,(H,21,23)(H,22,24). The van der Waals surface area contributed by atoms with E-state index in [0.29, 0.717) is 17.2 Å². The first-order valence-corrected chi connectivity index (χ1v) is 8.49. The molecule has 0 spiro atoms. The molecule has 2 rings (SSSR count). The van der Waals surface area contributed by atoms with Crippen molar-refractivity contribution in [1.29, 1.82) is 0 Å². The number of ether oxygens (including phenoxy) is 3. The molecule has 0 saturated heterocycles. The minimum atomic E-state index is -0.778. The first kappa shape index (κ1) is 20.1. The minimum Gasteiger partial charge on any atom is -0.493 e. The SMILES string of the molecule is COc1ccccc1OCC(=O)NNC(=O)C(C)Oc1c(C)cccc1C. The van der Waals surface area contributed by atoms with E-state index >= 15 is 0 Å². The van der Waals surface area contributed by atoms with Crippen molar-refractivity contribution in [2.45, 2.75) is 26.9 Å². The van der Waals surface area contributed by atoms with Gasteiger partial charge in [-0.2, -0.15) is 0 Å². The van der Waals surface area contributed by atoms with Gasteiger partial charge < -0.3 is 14.2 Å². The molecule has 0 bridgehead atoms. The summed E-state index contributed by atoms with van der Waals surface area (Å²) in [7, 11) is 1.51. The molecule has 2 aromatic rings. The summed E-state index contributed by atoms with van der Waals surface area (Å²) in [6, 6.07) is 12.7. The molecule has 1 unspecified atom stereocenters. The summed E-state index contributed by atoms with van der Waals surface area (Å²) < 4.78 is 16.2. The lowest BCUT2D eigenvalue weighted by molar-refractivity contribution is -0.133. The van der Waals surface area contributed by atoms with E-state index in [0.717, 1.165) is 11.1 Å². The van der Waals surface area contributed by atoms with Crippen LogP contribution < -0.4 is 25.1 Å². The molecule has 0 radical (unpaired) electrons. The van der Waals surface area contributed by atoms with Crippen LogP contribution in [0.15, 0.2) is 42.5 Å². The highest BCUT2D eigenvalue weighted by atomic mass is 16.5. The van der Waals surface area contributed by atoms with Crippen molar-refractivity contribution in [2.24, 2.45) is 0 Å². The minimum absolute atomic E-state index is 0.271. The van der Waals surface area contributed by atoms with Gasteiger partial charge in [0.1, 0.15) is 5.75 Å². The Labute approximate surface area is 158 Å². The predicted molar refractivity (Wildman–Crippen MR) is 101 cm³/mol. The Morgan fingerprint density at radius 2 is 1.59 bits per heavy atom. The summed E-state index contributed by atoms with van der Waals surface area (Å²) in [5.74, 6) is 0.640. The van der Waals surface area contributed by atoms with E-state index in [1.165, 1.54) is 7.11 Å². The number of amides is 2. The maximum Gasteiger partial charge on any atom is 0.279 e. The van der Waals surface area contributed by atoms with E-state index in [9.17, 15) is 9.59 Å². The van der Waals surface area contributed by atoms with E-state index < -0.39 is 17.9 Å². The third kappa shape index (κ3) is 5.64. The van der Waals surface area contributed by atoms with Gasteiger partial charge in [0.2, 0.25) is 0 Å². The lowest BCUT2D eigenvalue weighted by atomic mass is 10.1. The van der Waals surface area contributed by atoms with Crippen molar-refractivity contribution in [3.8, 4) is 17.2 Å². The Kier molecular flexibility index (Phi) is 7.05. The monoisotopic (exact) mass is 372 g/mol. The second-order valence-corrected chi connectivity index (χ2v) is 5.96. The summed E-state index contributed by atoms with van der Waals surface area (Å²) in [4.78, 5) is 24.0. The molecule has 0 aliphatic rings.